The number of hydrogen-bond acceptors (Lipinski definition) is 5. The molecule has 3 aromatic rings. The summed E-state index contributed by atoms with van der Waals surface area (Å²) >= 11 is 0. The maximum Gasteiger partial charge on any atom is 0.204 e. The molecule has 0 saturated heterocycles. The second-order valence-corrected chi connectivity index (χ2v) is 4.86. The molecule has 0 unspecified atom stereocenters. The van der Waals surface area contributed by atoms with Crippen molar-refractivity contribution in [2.24, 2.45) is 0 Å². The molecule has 1 aromatic heterocycles. The summed E-state index contributed by atoms with van der Waals surface area (Å²) in [7, 11) is 3.17. The van der Waals surface area contributed by atoms with Gasteiger partial charge in [0.15, 0.2) is 17.1 Å². The van der Waals surface area contributed by atoms with Crippen LogP contribution in [0.2, 0.25) is 0 Å². The Hall–Kier alpha value is -2.69. The Morgan fingerprint density at radius 2 is 1.77 bits per heavy atom. The van der Waals surface area contributed by atoms with Gasteiger partial charge >= 0.3 is 0 Å². The Labute approximate surface area is 128 Å². The van der Waals surface area contributed by atoms with E-state index in [1.807, 2.05) is 37.3 Å². The quantitative estimate of drug-likeness (QED) is 0.718. The maximum atomic E-state index is 5.88. The van der Waals surface area contributed by atoms with Gasteiger partial charge in [0.2, 0.25) is 5.75 Å². The largest absolute Gasteiger partial charge is 0.492 e. The van der Waals surface area contributed by atoms with Crippen LogP contribution in [0.25, 0.3) is 11.0 Å². The standard InChI is InChI=1S/C17H17NO4/c1-11-15-13(22-18-11)9-14(16(19-2)17(15)20-3)21-10-12-7-5-4-6-8-12/h4-9H,10H2,1-3H3. The molecular weight excluding hydrogens is 282 g/mol. The van der Waals surface area contributed by atoms with E-state index >= 15 is 0 Å². The van der Waals surface area contributed by atoms with Crippen molar-refractivity contribution in [3.05, 3.63) is 47.7 Å². The molecule has 0 fully saturated rings. The van der Waals surface area contributed by atoms with Crippen LogP contribution in [-0.4, -0.2) is 19.4 Å². The molecule has 0 aliphatic heterocycles. The van der Waals surface area contributed by atoms with E-state index in [-0.39, 0.29) is 0 Å². The Morgan fingerprint density at radius 1 is 1.05 bits per heavy atom. The lowest BCUT2D eigenvalue weighted by Crippen LogP contribution is -1.99. The van der Waals surface area contributed by atoms with Crippen molar-refractivity contribution < 1.29 is 18.7 Å². The number of nitrogens with zero attached hydrogens (tertiary/aromatic N) is 1. The van der Waals surface area contributed by atoms with E-state index in [2.05, 4.69) is 5.16 Å². The lowest BCUT2D eigenvalue weighted by molar-refractivity contribution is 0.276. The normalized spacial score (nSPS) is 10.7. The number of methoxy groups -OCH3 is 2. The van der Waals surface area contributed by atoms with Crippen LogP contribution in [-0.2, 0) is 6.61 Å². The summed E-state index contributed by atoms with van der Waals surface area (Å²) < 4.78 is 22.1. The highest BCUT2D eigenvalue weighted by molar-refractivity contribution is 5.91. The second-order valence-electron chi connectivity index (χ2n) is 4.86. The Kier molecular flexibility index (Phi) is 3.87. The third-order valence-electron chi connectivity index (χ3n) is 3.45. The summed E-state index contributed by atoms with van der Waals surface area (Å²) in [6.45, 7) is 2.29. The maximum absolute atomic E-state index is 5.88. The van der Waals surface area contributed by atoms with Crippen molar-refractivity contribution in [3.8, 4) is 17.2 Å². The first-order chi connectivity index (χ1) is 10.7. The van der Waals surface area contributed by atoms with Gasteiger partial charge in [-0.2, -0.15) is 0 Å². The summed E-state index contributed by atoms with van der Waals surface area (Å²) in [5.74, 6) is 1.67. The highest BCUT2D eigenvalue weighted by Gasteiger charge is 2.21. The summed E-state index contributed by atoms with van der Waals surface area (Å²) in [4.78, 5) is 0. The van der Waals surface area contributed by atoms with Crippen LogP contribution < -0.4 is 14.2 Å². The molecule has 0 saturated carbocycles. The molecule has 114 valence electrons. The van der Waals surface area contributed by atoms with Gasteiger partial charge < -0.3 is 18.7 Å². The first-order valence-corrected chi connectivity index (χ1v) is 6.92. The van der Waals surface area contributed by atoms with Gasteiger partial charge in [-0.05, 0) is 12.5 Å². The number of ether oxygens (including phenoxy) is 3. The summed E-state index contributed by atoms with van der Waals surface area (Å²) in [5.41, 5.74) is 2.43. The van der Waals surface area contributed by atoms with Crippen LogP contribution in [0.15, 0.2) is 40.9 Å². The highest BCUT2D eigenvalue weighted by Crippen LogP contribution is 2.44. The van der Waals surface area contributed by atoms with Crippen LogP contribution in [0.4, 0.5) is 0 Å². The molecule has 22 heavy (non-hydrogen) atoms. The van der Waals surface area contributed by atoms with E-state index in [0.29, 0.717) is 29.4 Å². The van der Waals surface area contributed by atoms with Crippen molar-refractivity contribution in [2.45, 2.75) is 13.5 Å². The monoisotopic (exact) mass is 299 g/mol. The van der Waals surface area contributed by atoms with Crippen LogP contribution in [0.1, 0.15) is 11.3 Å². The van der Waals surface area contributed by atoms with Crippen LogP contribution in [0, 0.1) is 6.92 Å². The molecule has 0 atom stereocenters. The number of fused-ring (bicyclic) bond motifs is 1. The number of aryl methyl sites for hydroxylation is 1. The Bertz CT molecular complexity index is 780. The molecule has 0 bridgehead atoms. The van der Waals surface area contributed by atoms with Gasteiger partial charge in [0.1, 0.15) is 6.61 Å². The fraction of sp³-hybridized carbons (Fsp3) is 0.235. The zero-order chi connectivity index (χ0) is 15.5. The zero-order valence-electron chi connectivity index (χ0n) is 12.8. The molecule has 1 heterocycles. The van der Waals surface area contributed by atoms with Gasteiger partial charge in [-0.1, -0.05) is 35.5 Å². The smallest absolute Gasteiger partial charge is 0.204 e. The van der Waals surface area contributed by atoms with E-state index in [1.54, 1.807) is 20.3 Å². The molecular formula is C17H17NO4. The Balaban J connectivity index is 2.01. The number of hydrogen-bond donors (Lipinski definition) is 0. The van der Waals surface area contributed by atoms with Gasteiger partial charge in [-0.25, -0.2) is 0 Å². The molecule has 0 spiro atoms. The predicted octanol–water partition coefficient (Wildman–Crippen LogP) is 3.73. The average molecular weight is 299 g/mol. The molecule has 0 amide bonds. The fourth-order valence-electron chi connectivity index (χ4n) is 2.40. The number of benzene rings is 2. The third-order valence-corrected chi connectivity index (χ3v) is 3.45. The first-order valence-electron chi connectivity index (χ1n) is 6.92. The summed E-state index contributed by atoms with van der Waals surface area (Å²) in [6, 6.07) is 11.7. The minimum absolute atomic E-state index is 0.430. The topological polar surface area (TPSA) is 53.7 Å². The molecule has 0 N–H and O–H groups in total. The van der Waals surface area contributed by atoms with Crippen molar-refractivity contribution in [2.75, 3.05) is 14.2 Å². The number of rotatable bonds is 5. The van der Waals surface area contributed by atoms with Crippen molar-refractivity contribution in [3.63, 3.8) is 0 Å². The lowest BCUT2D eigenvalue weighted by atomic mass is 10.1. The molecule has 0 radical (unpaired) electrons. The minimum Gasteiger partial charge on any atom is -0.492 e. The summed E-state index contributed by atoms with van der Waals surface area (Å²) in [5, 5.41) is 4.77. The van der Waals surface area contributed by atoms with Crippen molar-refractivity contribution >= 4 is 11.0 Å². The van der Waals surface area contributed by atoms with E-state index in [1.165, 1.54) is 0 Å². The SMILES string of the molecule is COc1c(OCc2ccccc2)cc2onc(C)c2c1OC. The van der Waals surface area contributed by atoms with Gasteiger partial charge in [0, 0.05) is 6.07 Å². The van der Waals surface area contributed by atoms with Gasteiger partial charge in [-0.3, -0.25) is 0 Å². The molecule has 5 heteroatoms. The van der Waals surface area contributed by atoms with Crippen LogP contribution >= 0.6 is 0 Å². The number of aromatic nitrogens is 1. The highest BCUT2D eigenvalue weighted by atomic mass is 16.5. The second kappa shape index (κ2) is 5.97. The zero-order valence-corrected chi connectivity index (χ0v) is 12.8. The van der Waals surface area contributed by atoms with E-state index in [9.17, 15) is 0 Å². The van der Waals surface area contributed by atoms with E-state index in [4.69, 9.17) is 18.7 Å². The summed E-state index contributed by atoms with van der Waals surface area (Å²) in [6.07, 6.45) is 0. The lowest BCUT2D eigenvalue weighted by Gasteiger charge is -2.14. The molecule has 5 nitrogen and oxygen atoms in total. The van der Waals surface area contributed by atoms with Crippen molar-refractivity contribution in [1.29, 1.82) is 0 Å². The third kappa shape index (κ3) is 2.45. The Morgan fingerprint density at radius 3 is 2.45 bits per heavy atom. The van der Waals surface area contributed by atoms with Crippen LogP contribution in [0.5, 0.6) is 17.2 Å². The average Bonchev–Trinajstić information content (AvgIpc) is 2.93. The molecule has 2 aromatic carbocycles. The van der Waals surface area contributed by atoms with E-state index < -0.39 is 0 Å². The molecule has 3 rings (SSSR count). The van der Waals surface area contributed by atoms with Crippen LogP contribution in [0.3, 0.4) is 0 Å². The van der Waals surface area contributed by atoms with Crippen molar-refractivity contribution in [1.82, 2.24) is 5.16 Å². The first kappa shape index (κ1) is 14.3. The van der Waals surface area contributed by atoms with Gasteiger partial charge in [0.05, 0.1) is 25.3 Å². The minimum atomic E-state index is 0.430. The van der Waals surface area contributed by atoms with Gasteiger partial charge in [0.25, 0.3) is 0 Å². The molecule has 0 aliphatic carbocycles. The predicted molar refractivity (Wildman–Crippen MR) is 82.6 cm³/mol. The van der Waals surface area contributed by atoms with E-state index in [0.717, 1.165) is 16.6 Å². The molecule has 0 aliphatic rings. The van der Waals surface area contributed by atoms with Gasteiger partial charge in [-0.15, -0.1) is 0 Å². The fourth-order valence-corrected chi connectivity index (χ4v) is 2.40.